The number of halogens is 1. The smallest absolute Gasteiger partial charge is 0.230 e. The second-order valence-electron chi connectivity index (χ2n) is 6.58. The first-order chi connectivity index (χ1) is 12.0. The van der Waals surface area contributed by atoms with E-state index in [1.807, 2.05) is 31.2 Å². The molecule has 1 amide bonds. The first-order valence-electron chi connectivity index (χ1n) is 8.41. The predicted molar refractivity (Wildman–Crippen MR) is 93.0 cm³/mol. The fourth-order valence-electron chi connectivity index (χ4n) is 2.81. The van der Waals surface area contributed by atoms with Crippen LogP contribution in [0.25, 0.3) is 0 Å². The molecule has 1 aliphatic rings. The van der Waals surface area contributed by atoms with E-state index in [1.165, 1.54) is 12.1 Å². The highest BCUT2D eigenvalue weighted by Gasteiger charge is 2.51. The Balaban J connectivity index is 1.48. The molecule has 25 heavy (non-hydrogen) atoms. The SMILES string of the molecule is Cc1ccc(OC[C@H](O)CNC(=O)C2(c3ccc(F)cc3)CC2)cc1. The van der Waals surface area contributed by atoms with Crippen LogP contribution in [0.2, 0.25) is 0 Å². The molecule has 0 saturated heterocycles. The van der Waals surface area contributed by atoms with Crippen molar-refractivity contribution in [3.8, 4) is 5.75 Å². The lowest BCUT2D eigenvalue weighted by Gasteiger charge is -2.18. The van der Waals surface area contributed by atoms with Crippen LogP contribution in [0.15, 0.2) is 48.5 Å². The van der Waals surface area contributed by atoms with Gasteiger partial charge in [-0.3, -0.25) is 4.79 Å². The number of ether oxygens (including phenoxy) is 1. The third kappa shape index (κ3) is 4.17. The molecule has 3 rings (SSSR count). The topological polar surface area (TPSA) is 58.6 Å². The maximum Gasteiger partial charge on any atom is 0.230 e. The molecule has 2 aromatic rings. The van der Waals surface area contributed by atoms with Crippen molar-refractivity contribution in [3.63, 3.8) is 0 Å². The molecule has 0 unspecified atom stereocenters. The van der Waals surface area contributed by atoms with E-state index >= 15 is 0 Å². The van der Waals surface area contributed by atoms with E-state index in [1.54, 1.807) is 12.1 Å². The van der Waals surface area contributed by atoms with Gasteiger partial charge in [0, 0.05) is 6.54 Å². The van der Waals surface area contributed by atoms with Crippen molar-refractivity contribution in [2.75, 3.05) is 13.2 Å². The van der Waals surface area contributed by atoms with Gasteiger partial charge in [-0.25, -0.2) is 4.39 Å². The molecule has 1 aliphatic carbocycles. The molecule has 1 saturated carbocycles. The number of nitrogens with one attached hydrogen (secondary N) is 1. The summed E-state index contributed by atoms with van der Waals surface area (Å²) < 4.78 is 18.6. The number of aliphatic hydroxyl groups is 1. The monoisotopic (exact) mass is 343 g/mol. The lowest BCUT2D eigenvalue weighted by Crippen LogP contribution is -2.40. The van der Waals surface area contributed by atoms with Crippen LogP contribution in [-0.4, -0.2) is 30.3 Å². The van der Waals surface area contributed by atoms with Crippen LogP contribution in [0, 0.1) is 12.7 Å². The highest BCUT2D eigenvalue weighted by atomic mass is 19.1. The van der Waals surface area contributed by atoms with E-state index in [2.05, 4.69) is 5.32 Å². The van der Waals surface area contributed by atoms with Gasteiger partial charge in [0.15, 0.2) is 0 Å². The van der Waals surface area contributed by atoms with Crippen molar-refractivity contribution in [3.05, 3.63) is 65.5 Å². The van der Waals surface area contributed by atoms with E-state index < -0.39 is 11.5 Å². The molecule has 5 heteroatoms. The van der Waals surface area contributed by atoms with Crippen LogP contribution in [-0.2, 0) is 10.2 Å². The number of aliphatic hydroxyl groups excluding tert-OH is 1. The summed E-state index contributed by atoms with van der Waals surface area (Å²) in [6, 6.07) is 13.6. The van der Waals surface area contributed by atoms with Crippen molar-refractivity contribution in [2.45, 2.75) is 31.3 Å². The van der Waals surface area contributed by atoms with Crippen molar-refractivity contribution in [1.29, 1.82) is 0 Å². The Bertz CT molecular complexity index is 724. The summed E-state index contributed by atoms with van der Waals surface area (Å²) in [5, 5.41) is 12.8. The maximum atomic E-state index is 13.0. The van der Waals surface area contributed by atoms with E-state index in [0.717, 1.165) is 24.0 Å². The number of carbonyl (C=O) groups excluding carboxylic acids is 1. The molecule has 4 nitrogen and oxygen atoms in total. The number of rotatable bonds is 7. The molecule has 0 bridgehead atoms. The molecule has 0 aromatic heterocycles. The van der Waals surface area contributed by atoms with Crippen molar-refractivity contribution in [2.24, 2.45) is 0 Å². The largest absolute Gasteiger partial charge is 0.491 e. The molecule has 0 heterocycles. The van der Waals surface area contributed by atoms with E-state index in [0.29, 0.717) is 5.75 Å². The minimum absolute atomic E-state index is 0.104. The standard InChI is InChI=1S/C20H22FNO3/c1-14-2-8-18(9-3-14)25-13-17(23)12-22-19(24)20(10-11-20)15-4-6-16(21)7-5-15/h2-9,17,23H,10-13H2,1H3,(H,22,24)/t17-/m1/s1. The number of benzene rings is 2. The fraction of sp³-hybridized carbons (Fsp3) is 0.350. The summed E-state index contributed by atoms with van der Waals surface area (Å²) in [5.41, 5.74) is 1.37. The van der Waals surface area contributed by atoms with Crippen LogP contribution in [0.1, 0.15) is 24.0 Å². The normalized spacial score (nSPS) is 16.1. The number of carbonyl (C=O) groups is 1. The van der Waals surface area contributed by atoms with Crippen LogP contribution >= 0.6 is 0 Å². The van der Waals surface area contributed by atoms with Gasteiger partial charge in [-0.2, -0.15) is 0 Å². The molecule has 132 valence electrons. The maximum absolute atomic E-state index is 13.0. The van der Waals surface area contributed by atoms with Gasteiger partial charge < -0.3 is 15.2 Å². The molecular weight excluding hydrogens is 321 g/mol. The first-order valence-corrected chi connectivity index (χ1v) is 8.41. The van der Waals surface area contributed by atoms with Crippen molar-refractivity contribution >= 4 is 5.91 Å². The summed E-state index contributed by atoms with van der Waals surface area (Å²) in [7, 11) is 0. The van der Waals surface area contributed by atoms with Crippen molar-refractivity contribution in [1.82, 2.24) is 5.32 Å². The lowest BCUT2D eigenvalue weighted by molar-refractivity contribution is -0.124. The van der Waals surface area contributed by atoms with Gasteiger partial charge in [0.25, 0.3) is 0 Å². The van der Waals surface area contributed by atoms with E-state index in [4.69, 9.17) is 4.74 Å². The zero-order chi connectivity index (χ0) is 17.9. The molecule has 1 fully saturated rings. The summed E-state index contributed by atoms with van der Waals surface area (Å²) in [4.78, 5) is 12.5. The van der Waals surface area contributed by atoms with Gasteiger partial charge in [0.2, 0.25) is 5.91 Å². The molecule has 2 aromatic carbocycles. The lowest BCUT2D eigenvalue weighted by atomic mass is 9.95. The Morgan fingerprint density at radius 1 is 1.20 bits per heavy atom. The number of hydrogen-bond acceptors (Lipinski definition) is 3. The Kier molecular flexibility index (Phi) is 5.04. The van der Waals surface area contributed by atoms with E-state index in [-0.39, 0.29) is 24.9 Å². The van der Waals surface area contributed by atoms with Gasteiger partial charge in [-0.05, 0) is 49.6 Å². The average Bonchev–Trinajstić information content (AvgIpc) is 3.41. The summed E-state index contributed by atoms with van der Waals surface area (Å²) in [6.45, 7) is 2.21. The molecule has 0 radical (unpaired) electrons. The number of hydrogen-bond donors (Lipinski definition) is 2. The third-order valence-corrected chi connectivity index (χ3v) is 4.54. The Hall–Kier alpha value is -2.40. The highest BCUT2D eigenvalue weighted by Crippen LogP contribution is 2.48. The molecule has 0 spiro atoms. The highest BCUT2D eigenvalue weighted by molar-refractivity contribution is 5.91. The Labute approximate surface area is 146 Å². The van der Waals surface area contributed by atoms with Gasteiger partial charge in [-0.1, -0.05) is 29.8 Å². The second kappa shape index (κ2) is 7.23. The Morgan fingerprint density at radius 3 is 2.44 bits per heavy atom. The first kappa shape index (κ1) is 17.4. The fourth-order valence-corrected chi connectivity index (χ4v) is 2.81. The Morgan fingerprint density at radius 2 is 1.84 bits per heavy atom. The zero-order valence-corrected chi connectivity index (χ0v) is 14.2. The zero-order valence-electron chi connectivity index (χ0n) is 14.2. The second-order valence-corrected chi connectivity index (χ2v) is 6.58. The minimum Gasteiger partial charge on any atom is -0.491 e. The third-order valence-electron chi connectivity index (χ3n) is 4.54. The van der Waals surface area contributed by atoms with Crippen LogP contribution in [0.4, 0.5) is 4.39 Å². The minimum atomic E-state index is -0.797. The van der Waals surface area contributed by atoms with E-state index in [9.17, 15) is 14.3 Å². The predicted octanol–water partition coefficient (Wildman–Crippen LogP) is 2.72. The number of aryl methyl sites for hydroxylation is 1. The molecule has 2 N–H and O–H groups in total. The summed E-state index contributed by atoms with van der Waals surface area (Å²) in [6.07, 6.45) is 0.676. The van der Waals surface area contributed by atoms with Crippen LogP contribution in [0.5, 0.6) is 5.75 Å². The molecule has 1 atom stereocenters. The van der Waals surface area contributed by atoms with Gasteiger partial charge in [-0.15, -0.1) is 0 Å². The summed E-state index contributed by atoms with van der Waals surface area (Å²) in [5.74, 6) is 0.234. The van der Waals surface area contributed by atoms with Gasteiger partial charge in [0.05, 0.1) is 5.41 Å². The van der Waals surface area contributed by atoms with Crippen LogP contribution < -0.4 is 10.1 Å². The van der Waals surface area contributed by atoms with Crippen molar-refractivity contribution < 1.29 is 19.0 Å². The van der Waals surface area contributed by atoms with Gasteiger partial charge in [0.1, 0.15) is 24.3 Å². The average molecular weight is 343 g/mol. The molecular formula is C20H22FNO3. The molecule has 0 aliphatic heterocycles. The number of amides is 1. The summed E-state index contributed by atoms with van der Waals surface area (Å²) >= 11 is 0. The quantitative estimate of drug-likeness (QED) is 0.813. The van der Waals surface area contributed by atoms with Crippen LogP contribution in [0.3, 0.4) is 0 Å². The van der Waals surface area contributed by atoms with Gasteiger partial charge >= 0.3 is 0 Å².